The number of halogens is 1. The van der Waals surface area contributed by atoms with Crippen LogP contribution in [-0.2, 0) is 10.0 Å². The number of rotatable bonds is 5. The van der Waals surface area contributed by atoms with E-state index in [1.807, 2.05) is 0 Å². The number of alkyl halides is 1. The van der Waals surface area contributed by atoms with Gasteiger partial charge in [-0.15, -0.1) is 0 Å². The van der Waals surface area contributed by atoms with E-state index in [0.29, 0.717) is 18.4 Å². The highest BCUT2D eigenvalue weighted by atomic mass is 79.9. The van der Waals surface area contributed by atoms with Crippen LogP contribution in [0.15, 0.2) is 0 Å². The van der Waals surface area contributed by atoms with Crippen LogP contribution in [0.3, 0.4) is 0 Å². The molecule has 2 fully saturated rings. The van der Waals surface area contributed by atoms with Crippen molar-refractivity contribution in [1.82, 2.24) is 4.72 Å². The van der Waals surface area contributed by atoms with Crippen LogP contribution in [-0.4, -0.2) is 25.5 Å². The summed E-state index contributed by atoms with van der Waals surface area (Å²) >= 11 is 3.53. The number of hydrogen-bond acceptors (Lipinski definition) is 2. The van der Waals surface area contributed by atoms with Gasteiger partial charge in [0.1, 0.15) is 0 Å². The molecule has 0 saturated heterocycles. The third kappa shape index (κ3) is 3.44. The summed E-state index contributed by atoms with van der Waals surface area (Å²) in [6.07, 6.45) is 7.48. The molecule has 17 heavy (non-hydrogen) atoms. The van der Waals surface area contributed by atoms with Crippen molar-refractivity contribution in [1.29, 1.82) is 0 Å². The van der Waals surface area contributed by atoms with Crippen LogP contribution in [0.5, 0.6) is 0 Å². The molecule has 2 saturated carbocycles. The molecule has 0 aromatic heterocycles. The monoisotopic (exact) mass is 323 g/mol. The minimum atomic E-state index is -3.04. The highest BCUT2D eigenvalue weighted by Gasteiger charge is 2.31. The second kappa shape index (κ2) is 6.02. The molecule has 0 radical (unpaired) electrons. The maximum atomic E-state index is 12.1. The Kier molecular flexibility index (Phi) is 4.89. The predicted octanol–water partition coefficient (Wildman–Crippen LogP) is 2.66. The molecule has 0 amide bonds. The van der Waals surface area contributed by atoms with Crippen molar-refractivity contribution < 1.29 is 8.42 Å². The molecule has 2 unspecified atom stereocenters. The Balaban J connectivity index is 1.84. The van der Waals surface area contributed by atoms with Crippen LogP contribution in [0.2, 0.25) is 0 Å². The molecule has 2 rings (SSSR count). The fourth-order valence-electron chi connectivity index (χ4n) is 3.13. The summed E-state index contributed by atoms with van der Waals surface area (Å²) in [5.41, 5.74) is 0. The van der Waals surface area contributed by atoms with E-state index in [2.05, 4.69) is 20.7 Å². The molecule has 2 atom stereocenters. The van der Waals surface area contributed by atoms with Crippen molar-refractivity contribution >= 4 is 26.0 Å². The van der Waals surface area contributed by atoms with E-state index in [4.69, 9.17) is 0 Å². The van der Waals surface area contributed by atoms with Gasteiger partial charge in [-0.05, 0) is 37.5 Å². The molecule has 1 N–H and O–H groups in total. The maximum absolute atomic E-state index is 12.1. The molecule has 100 valence electrons. The van der Waals surface area contributed by atoms with Gasteiger partial charge < -0.3 is 0 Å². The third-order valence-electron chi connectivity index (χ3n) is 4.30. The van der Waals surface area contributed by atoms with E-state index >= 15 is 0 Å². The van der Waals surface area contributed by atoms with Gasteiger partial charge in [0.25, 0.3) is 0 Å². The molecule has 0 bridgehead atoms. The van der Waals surface area contributed by atoms with Crippen molar-refractivity contribution in [3.05, 3.63) is 0 Å². The molecule has 3 nitrogen and oxygen atoms in total. The van der Waals surface area contributed by atoms with Gasteiger partial charge in [-0.3, -0.25) is 0 Å². The minimum Gasteiger partial charge on any atom is -0.215 e. The smallest absolute Gasteiger partial charge is 0.214 e. The van der Waals surface area contributed by atoms with Gasteiger partial charge in [0, 0.05) is 11.9 Å². The predicted molar refractivity (Wildman–Crippen MR) is 73.8 cm³/mol. The van der Waals surface area contributed by atoms with Gasteiger partial charge in [-0.25, -0.2) is 13.1 Å². The van der Waals surface area contributed by atoms with E-state index in [1.165, 1.54) is 19.3 Å². The lowest BCUT2D eigenvalue weighted by Crippen LogP contribution is -2.37. The van der Waals surface area contributed by atoms with E-state index in [9.17, 15) is 8.42 Å². The average Bonchev–Trinajstić information content (AvgIpc) is 2.97. The van der Waals surface area contributed by atoms with Crippen LogP contribution in [0.1, 0.15) is 44.9 Å². The number of sulfonamides is 1. The van der Waals surface area contributed by atoms with Crippen molar-refractivity contribution in [3.8, 4) is 0 Å². The Morgan fingerprint density at radius 3 is 2.29 bits per heavy atom. The van der Waals surface area contributed by atoms with Crippen molar-refractivity contribution in [2.24, 2.45) is 11.8 Å². The zero-order chi connectivity index (χ0) is 12.3. The maximum Gasteiger partial charge on any atom is 0.214 e. The first-order chi connectivity index (χ1) is 8.13. The average molecular weight is 324 g/mol. The Morgan fingerprint density at radius 1 is 1.00 bits per heavy atom. The van der Waals surface area contributed by atoms with Crippen LogP contribution >= 0.6 is 15.9 Å². The number of nitrogens with one attached hydrogen (secondary N) is 1. The standard InChI is InChI=1S/C12H22BrNO2S/c13-8-10-4-3-5-11(10)9-14-17(15,16)12-6-1-2-7-12/h10-12,14H,1-9H2. The summed E-state index contributed by atoms with van der Waals surface area (Å²) in [4.78, 5) is 0. The molecular weight excluding hydrogens is 302 g/mol. The molecule has 0 spiro atoms. The molecule has 0 aliphatic heterocycles. The first-order valence-corrected chi connectivity index (χ1v) is 9.34. The van der Waals surface area contributed by atoms with Gasteiger partial charge in [-0.2, -0.15) is 0 Å². The molecule has 0 aromatic carbocycles. The summed E-state index contributed by atoms with van der Waals surface area (Å²) in [6.45, 7) is 0.648. The van der Waals surface area contributed by atoms with Gasteiger partial charge in [0.05, 0.1) is 5.25 Å². The van der Waals surface area contributed by atoms with Crippen LogP contribution in [0.25, 0.3) is 0 Å². The van der Waals surface area contributed by atoms with Gasteiger partial charge in [-0.1, -0.05) is 35.2 Å². The topological polar surface area (TPSA) is 46.2 Å². The van der Waals surface area contributed by atoms with E-state index in [1.54, 1.807) is 0 Å². The second-order valence-corrected chi connectivity index (χ2v) is 8.10. The Labute approximate surface area is 113 Å². The Hall–Kier alpha value is 0.390. The van der Waals surface area contributed by atoms with Gasteiger partial charge in [0.15, 0.2) is 0 Å². The van der Waals surface area contributed by atoms with Crippen LogP contribution in [0, 0.1) is 11.8 Å². The molecular formula is C12H22BrNO2S. The van der Waals surface area contributed by atoms with Crippen LogP contribution < -0.4 is 4.72 Å². The lowest BCUT2D eigenvalue weighted by atomic mass is 9.99. The van der Waals surface area contributed by atoms with E-state index in [-0.39, 0.29) is 5.25 Å². The fraction of sp³-hybridized carbons (Fsp3) is 1.00. The number of hydrogen-bond donors (Lipinski definition) is 1. The highest BCUT2D eigenvalue weighted by Crippen LogP contribution is 2.33. The zero-order valence-corrected chi connectivity index (χ0v) is 12.6. The molecule has 0 heterocycles. The van der Waals surface area contributed by atoms with E-state index < -0.39 is 10.0 Å². The SMILES string of the molecule is O=S(=O)(NCC1CCCC1CBr)C1CCCC1. The summed E-state index contributed by atoms with van der Waals surface area (Å²) < 4.78 is 27.0. The summed E-state index contributed by atoms with van der Waals surface area (Å²) in [6, 6.07) is 0. The molecule has 2 aliphatic rings. The van der Waals surface area contributed by atoms with Gasteiger partial charge >= 0.3 is 0 Å². The van der Waals surface area contributed by atoms with E-state index in [0.717, 1.165) is 31.0 Å². The van der Waals surface area contributed by atoms with Crippen molar-refractivity contribution in [3.63, 3.8) is 0 Å². The molecule has 2 aliphatic carbocycles. The third-order valence-corrected chi connectivity index (χ3v) is 7.05. The zero-order valence-electron chi connectivity index (χ0n) is 10.2. The van der Waals surface area contributed by atoms with Gasteiger partial charge in [0.2, 0.25) is 10.0 Å². The highest BCUT2D eigenvalue weighted by molar-refractivity contribution is 9.09. The lowest BCUT2D eigenvalue weighted by molar-refractivity contribution is 0.421. The quantitative estimate of drug-likeness (QED) is 0.790. The van der Waals surface area contributed by atoms with Crippen LogP contribution in [0.4, 0.5) is 0 Å². The first-order valence-electron chi connectivity index (χ1n) is 6.68. The summed E-state index contributed by atoms with van der Waals surface area (Å²) in [7, 11) is -3.04. The second-order valence-electron chi connectivity index (χ2n) is 5.41. The Bertz CT molecular complexity index is 338. The fourth-order valence-corrected chi connectivity index (χ4v) is 5.61. The molecule has 0 aromatic rings. The van der Waals surface area contributed by atoms with Crippen molar-refractivity contribution in [2.45, 2.75) is 50.2 Å². The summed E-state index contributed by atoms with van der Waals surface area (Å²) in [5, 5.41) is 0.884. The summed E-state index contributed by atoms with van der Waals surface area (Å²) in [5.74, 6) is 1.19. The first kappa shape index (κ1) is 13.8. The largest absolute Gasteiger partial charge is 0.215 e. The molecule has 5 heteroatoms. The minimum absolute atomic E-state index is 0.119. The van der Waals surface area contributed by atoms with Crippen molar-refractivity contribution in [2.75, 3.05) is 11.9 Å². The lowest BCUT2D eigenvalue weighted by Gasteiger charge is -2.19. The normalized spacial score (nSPS) is 31.1. The Morgan fingerprint density at radius 2 is 1.65 bits per heavy atom.